The van der Waals surface area contributed by atoms with E-state index in [1.54, 1.807) is 0 Å². The monoisotopic (exact) mass is 266 g/mol. The SMILES string of the molecule is CC1(C)CC2(CCCN(C3CCNCC3)C2)C(=O)O1. The number of rotatable bonds is 1. The molecule has 3 aliphatic rings. The second kappa shape index (κ2) is 4.74. The number of nitrogens with one attached hydrogen (secondary N) is 1. The van der Waals surface area contributed by atoms with Gasteiger partial charge < -0.3 is 10.1 Å². The van der Waals surface area contributed by atoms with Gasteiger partial charge in [0.25, 0.3) is 0 Å². The summed E-state index contributed by atoms with van der Waals surface area (Å²) in [6.45, 7) is 8.39. The van der Waals surface area contributed by atoms with E-state index >= 15 is 0 Å². The van der Waals surface area contributed by atoms with Gasteiger partial charge in [0, 0.05) is 19.0 Å². The fraction of sp³-hybridized carbons (Fsp3) is 0.933. The van der Waals surface area contributed by atoms with Crippen molar-refractivity contribution in [1.29, 1.82) is 0 Å². The molecule has 0 aromatic carbocycles. The minimum atomic E-state index is -0.270. The first-order chi connectivity index (χ1) is 9.01. The molecular formula is C15H26N2O2. The van der Waals surface area contributed by atoms with Crippen molar-refractivity contribution in [3.05, 3.63) is 0 Å². The third kappa shape index (κ3) is 2.52. The van der Waals surface area contributed by atoms with E-state index < -0.39 is 0 Å². The van der Waals surface area contributed by atoms with Crippen molar-refractivity contribution in [3.63, 3.8) is 0 Å². The molecule has 3 aliphatic heterocycles. The van der Waals surface area contributed by atoms with Crippen LogP contribution in [0.25, 0.3) is 0 Å². The average molecular weight is 266 g/mol. The van der Waals surface area contributed by atoms with Crippen molar-refractivity contribution in [2.45, 2.75) is 57.6 Å². The highest BCUT2D eigenvalue weighted by Gasteiger charge is 2.54. The van der Waals surface area contributed by atoms with E-state index in [9.17, 15) is 4.79 Å². The topological polar surface area (TPSA) is 41.6 Å². The Bertz CT molecular complexity index is 363. The molecule has 0 saturated carbocycles. The highest BCUT2D eigenvalue weighted by atomic mass is 16.6. The molecule has 0 aromatic heterocycles. The first-order valence-corrected chi connectivity index (χ1v) is 7.69. The summed E-state index contributed by atoms with van der Waals surface area (Å²) in [4.78, 5) is 14.9. The van der Waals surface area contributed by atoms with Gasteiger partial charge in [0.2, 0.25) is 0 Å². The number of ether oxygens (including phenoxy) is 1. The van der Waals surface area contributed by atoms with E-state index in [1.807, 2.05) is 13.8 Å². The fourth-order valence-electron chi connectivity index (χ4n) is 4.24. The highest BCUT2D eigenvalue weighted by Crippen LogP contribution is 2.46. The Morgan fingerprint density at radius 1 is 1.32 bits per heavy atom. The molecule has 0 amide bonds. The van der Waals surface area contributed by atoms with Crippen LogP contribution in [0, 0.1) is 5.41 Å². The first kappa shape index (κ1) is 13.4. The zero-order chi connectivity index (χ0) is 13.5. The maximum atomic E-state index is 12.3. The molecule has 1 atom stereocenters. The van der Waals surface area contributed by atoms with Crippen LogP contribution < -0.4 is 5.32 Å². The summed E-state index contributed by atoms with van der Waals surface area (Å²) >= 11 is 0. The summed E-state index contributed by atoms with van der Waals surface area (Å²) in [6.07, 6.45) is 5.47. The number of piperidine rings is 2. The van der Waals surface area contributed by atoms with Crippen LogP contribution >= 0.6 is 0 Å². The maximum Gasteiger partial charge on any atom is 0.314 e. The number of cyclic esters (lactones) is 1. The lowest BCUT2D eigenvalue weighted by Crippen LogP contribution is -2.52. The molecule has 0 radical (unpaired) electrons. The quantitative estimate of drug-likeness (QED) is 0.731. The van der Waals surface area contributed by atoms with Crippen molar-refractivity contribution in [2.24, 2.45) is 5.41 Å². The highest BCUT2D eigenvalue weighted by molar-refractivity contribution is 5.80. The summed E-state index contributed by atoms with van der Waals surface area (Å²) in [5.41, 5.74) is -0.485. The van der Waals surface area contributed by atoms with E-state index in [1.165, 1.54) is 12.8 Å². The Labute approximate surface area is 115 Å². The van der Waals surface area contributed by atoms with Gasteiger partial charge in [-0.3, -0.25) is 9.69 Å². The molecule has 0 aliphatic carbocycles. The third-order valence-electron chi connectivity index (χ3n) is 5.00. The summed E-state index contributed by atoms with van der Waals surface area (Å²) in [6, 6.07) is 0.662. The van der Waals surface area contributed by atoms with Crippen molar-refractivity contribution in [2.75, 3.05) is 26.2 Å². The largest absolute Gasteiger partial charge is 0.459 e. The van der Waals surface area contributed by atoms with Crippen LogP contribution in [0.4, 0.5) is 0 Å². The molecule has 0 aromatic rings. The van der Waals surface area contributed by atoms with Gasteiger partial charge in [-0.15, -0.1) is 0 Å². The molecule has 19 heavy (non-hydrogen) atoms. The fourth-order valence-corrected chi connectivity index (χ4v) is 4.24. The maximum absolute atomic E-state index is 12.3. The average Bonchev–Trinajstić information content (AvgIpc) is 2.60. The Morgan fingerprint density at radius 3 is 2.68 bits per heavy atom. The number of carbonyl (C=O) groups excluding carboxylic acids is 1. The minimum absolute atomic E-state index is 0.0520. The molecule has 4 nitrogen and oxygen atoms in total. The second-order valence-electron chi connectivity index (χ2n) is 7.16. The number of esters is 1. The Morgan fingerprint density at radius 2 is 2.05 bits per heavy atom. The van der Waals surface area contributed by atoms with Crippen molar-refractivity contribution in [1.82, 2.24) is 10.2 Å². The molecular weight excluding hydrogens is 240 g/mol. The van der Waals surface area contributed by atoms with Crippen molar-refractivity contribution < 1.29 is 9.53 Å². The lowest BCUT2D eigenvalue weighted by atomic mass is 9.74. The van der Waals surface area contributed by atoms with Gasteiger partial charge in [-0.25, -0.2) is 0 Å². The van der Waals surface area contributed by atoms with Crippen LogP contribution in [0.3, 0.4) is 0 Å². The molecule has 1 unspecified atom stereocenters. The molecule has 0 bridgehead atoms. The van der Waals surface area contributed by atoms with Gasteiger partial charge in [-0.05, 0) is 59.2 Å². The van der Waals surface area contributed by atoms with Crippen LogP contribution in [-0.4, -0.2) is 48.7 Å². The molecule has 1 N–H and O–H groups in total. The van der Waals surface area contributed by atoms with Gasteiger partial charge in [0.1, 0.15) is 5.60 Å². The normalized spacial score (nSPS) is 36.6. The predicted octanol–water partition coefficient (Wildman–Crippen LogP) is 1.55. The van der Waals surface area contributed by atoms with Crippen LogP contribution in [0.5, 0.6) is 0 Å². The Hall–Kier alpha value is -0.610. The molecule has 3 heterocycles. The molecule has 1 spiro atoms. The van der Waals surface area contributed by atoms with Gasteiger partial charge in [-0.1, -0.05) is 0 Å². The standard InChI is InChI=1S/C15H26N2O2/c1-14(2)10-15(13(18)19-14)6-3-9-17(11-15)12-4-7-16-8-5-12/h12,16H,3-11H2,1-2H3. The Balaban J connectivity index is 1.72. The molecule has 3 rings (SSSR count). The third-order valence-corrected chi connectivity index (χ3v) is 5.00. The summed E-state index contributed by atoms with van der Waals surface area (Å²) in [5, 5.41) is 3.42. The van der Waals surface area contributed by atoms with E-state index in [2.05, 4.69) is 10.2 Å². The molecule has 108 valence electrons. The zero-order valence-corrected chi connectivity index (χ0v) is 12.2. The molecule has 3 fully saturated rings. The smallest absolute Gasteiger partial charge is 0.314 e. The van der Waals surface area contributed by atoms with Gasteiger partial charge in [-0.2, -0.15) is 0 Å². The van der Waals surface area contributed by atoms with Crippen LogP contribution in [-0.2, 0) is 9.53 Å². The lowest BCUT2D eigenvalue weighted by Gasteiger charge is -2.43. The number of likely N-dealkylation sites (tertiary alicyclic amines) is 1. The number of carbonyl (C=O) groups is 1. The van der Waals surface area contributed by atoms with E-state index in [0.717, 1.165) is 45.4 Å². The second-order valence-corrected chi connectivity index (χ2v) is 7.16. The number of nitrogens with zero attached hydrogens (tertiary/aromatic N) is 1. The van der Waals surface area contributed by atoms with Gasteiger partial charge >= 0.3 is 5.97 Å². The van der Waals surface area contributed by atoms with Crippen LogP contribution in [0.15, 0.2) is 0 Å². The van der Waals surface area contributed by atoms with Crippen LogP contribution in [0.2, 0.25) is 0 Å². The van der Waals surface area contributed by atoms with E-state index in [-0.39, 0.29) is 17.0 Å². The number of hydrogen-bond donors (Lipinski definition) is 1. The lowest BCUT2D eigenvalue weighted by molar-refractivity contribution is -0.154. The molecule has 4 heteroatoms. The first-order valence-electron chi connectivity index (χ1n) is 7.69. The minimum Gasteiger partial charge on any atom is -0.459 e. The summed E-state index contributed by atoms with van der Waals surface area (Å²) in [7, 11) is 0. The summed E-state index contributed by atoms with van der Waals surface area (Å²) in [5.74, 6) is 0.0520. The van der Waals surface area contributed by atoms with Gasteiger partial charge in [0.15, 0.2) is 0 Å². The predicted molar refractivity (Wildman–Crippen MR) is 73.9 cm³/mol. The molecule has 3 saturated heterocycles. The van der Waals surface area contributed by atoms with Crippen molar-refractivity contribution in [3.8, 4) is 0 Å². The van der Waals surface area contributed by atoms with E-state index in [4.69, 9.17) is 4.74 Å². The zero-order valence-electron chi connectivity index (χ0n) is 12.2. The van der Waals surface area contributed by atoms with Crippen LogP contribution in [0.1, 0.15) is 46.0 Å². The van der Waals surface area contributed by atoms with Crippen molar-refractivity contribution >= 4 is 5.97 Å². The summed E-state index contributed by atoms with van der Waals surface area (Å²) < 4.78 is 5.60. The number of hydrogen-bond acceptors (Lipinski definition) is 4. The Kier molecular flexibility index (Phi) is 3.34. The van der Waals surface area contributed by atoms with Gasteiger partial charge in [0.05, 0.1) is 5.41 Å². The van der Waals surface area contributed by atoms with E-state index in [0.29, 0.717) is 6.04 Å².